The van der Waals surface area contributed by atoms with Crippen LogP contribution in [-0.4, -0.2) is 12.8 Å². The zero-order valence-electron chi connectivity index (χ0n) is 3.00. The van der Waals surface area contributed by atoms with Gasteiger partial charge in [0.2, 0.25) is 0 Å². The largest absolute Gasteiger partial charge is 0.387 e. The van der Waals surface area contributed by atoms with E-state index in [4.69, 9.17) is 0 Å². The molecule has 0 aliphatic carbocycles. The van der Waals surface area contributed by atoms with Crippen LogP contribution in [0.2, 0.25) is 0 Å². The highest BCUT2D eigenvalue weighted by Gasteiger charge is 1.59. The minimum absolute atomic E-state index is 0.184. The van der Waals surface area contributed by atoms with Gasteiger partial charge in [-0.15, -0.1) is 0 Å². The van der Waals surface area contributed by atoms with E-state index in [1.807, 2.05) is 0 Å². The fourth-order valence-electron chi connectivity index (χ4n) is 0.0600. The molecule has 4 heteroatoms. The molecular formula is C2H4N2O2. The Morgan fingerprint density at radius 1 is 1.83 bits per heavy atom. The maximum atomic E-state index is 9.17. The van der Waals surface area contributed by atoms with Crippen LogP contribution in [-0.2, 0) is 9.63 Å². The highest BCUT2D eigenvalue weighted by Crippen LogP contribution is 1.56. The van der Waals surface area contributed by atoms with E-state index in [9.17, 15) is 4.79 Å². The topological polar surface area (TPSA) is 64.7 Å². The van der Waals surface area contributed by atoms with Crippen LogP contribution < -0.4 is 5.73 Å². The summed E-state index contributed by atoms with van der Waals surface area (Å²) in [6, 6.07) is 0. The molecule has 0 spiro atoms. The van der Waals surface area contributed by atoms with Crippen molar-refractivity contribution in [3.63, 3.8) is 0 Å². The third-order valence-corrected chi connectivity index (χ3v) is 0.165. The van der Waals surface area contributed by atoms with E-state index in [0.29, 0.717) is 0 Å². The second-order valence-electron chi connectivity index (χ2n) is 0.456. The van der Waals surface area contributed by atoms with Crippen molar-refractivity contribution in [1.29, 1.82) is 0 Å². The number of rotatable bonds is 2. The first-order chi connectivity index (χ1) is 2.91. The minimum Gasteiger partial charge on any atom is -0.387 e. The van der Waals surface area contributed by atoms with Gasteiger partial charge < -0.3 is 10.6 Å². The molecule has 0 aliphatic rings. The molecular weight excluding hydrogens is 84.0 g/mol. The highest BCUT2D eigenvalue weighted by molar-refractivity contribution is 5.51. The van der Waals surface area contributed by atoms with Crippen molar-refractivity contribution in [3.8, 4) is 0 Å². The molecule has 6 heavy (non-hydrogen) atoms. The van der Waals surface area contributed by atoms with Crippen LogP contribution in [0.4, 0.5) is 0 Å². The Kier molecular flexibility index (Phi) is 3.24. The predicted octanol–water partition coefficient (Wildman–Crippen LogP) is -0.939. The summed E-state index contributed by atoms with van der Waals surface area (Å²) in [7, 11) is 0. The van der Waals surface area contributed by atoms with Crippen LogP contribution in [0.3, 0.4) is 0 Å². The molecule has 4 nitrogen and oxygen atoms in total. The first kappa shape index (κ1) is 4.94. The van der Waals surface area contributed by atoms with Crippen LogP contribution >= 0.6 is 0 Å². The van der Waals surface area contributed by atoms with Gasteiger partial charge in [0, 0.05) is 0 Å². The number of carbonyl (C=O) groups excluding carboxylic acids is 1. The zero-order valence-corrected chi connectivity index (χ0v) is 3.00. The lowest BCUT2D eigenvalue weighted by molar-refractivity contribution is -0.128. The summed E-state index contributed by atoms with van der Waals surface area (Å²) in [5.74, 6) is 0. The van der Waals surface area contributed by atoms with Gasteiger partial charge >= 0.3 is 6.47 Å². The van der Waals surface area contributed by atoms with Crippen LogP contribution in [0.25, 0.3) is 0 Å². The predicted molar refractivity (Wildman–Crippen MR) is 19.8 cm³/mol. The molecule has 0 bridgehead atoms. The molecule has 2 N–H and O–H groups in total. The monoisotopic (exact) mass is 88.0 g/mol. The number of carbonyl (C=O) groups is 1. The van der Waals surface area contributed by atoms with Crippen molar-refractivity contribution in [3.05, 3.63) is 0 Å². The van der Waals surface area contributed by atoms with Crippen molar-refractivity contribution in [2.45, 2.75) is 0 Å². The van der Waals surface area contributed by atoms with E-state index in [0.717, 1.165) is 6.34 Å². The van der Waals surface area contributed by atoms with Gasteiger partial charge in [0.25, 0.3) is 0 Å². The number of nitrogens with zero attached hydrogens (tertiary/aromatic N) is 1. The standard InChI is InChI=1S/C2H4N2O2/c3-1-4-6-2-5/h1-2H,(H2,3,4). The molecule has 0 aliphatic heterocycles. The van der Waals surface area contributed by atoms with Gasteiger partial charge in [-0.25, -0.2) is 0 Å². The van der Waals surface area contributed by atoms with Gasteiger partial charge in [0.1, 0.15) is 6.34 Å². The van der Waals surface area contributed by atoms with E-state index < -0.39 is 0 Å². The molecule has 0 heterocycles. The number of nitrogens with two attached hydrogens (primary N) is 1. The summed E-state index contributed by atoms with van der Waals surface area (Å²) >= 11 is 0. The Morgan fingerprint density at radius 3 is 2.67 bits per heavy atom. The SMILES string of the molecule is N/C=N/OC=O. The zero-order chi connectivity index (χ0) is 4.83. The van der Waals surface area contributed by atoms with Gasteiger partial charge in [-0.1, -0.05) is 5.16 Å². The Bertz CT molecular complexity index is 60.6. The Labute approximate surface area is 34.6 Å². The maximum absolute atomic E-state index is 9.17. The van der Waals surface area contributed by atoms with Crippen molar-refractivity contribution in [2.75, 3.05) is 0 Å². The van der Waals surface area contributed by atoms with Crippen molar-refractivity contribution in [2.24, 2.45) is 10.9 Å². The summed E-state index contributed by atoms with van der Waals surface area (Å²) in [4.78, 5) is 12.9. The summed E-state index contributed by atoms with van der Waals surface area (Å²) in [5, 5.41) is 2.88. The Balaban J connectivity index is 2.85. The summed E-state index contributed by atoms with van der Waals surface area (Å²) in [5.41, 5.74) is 4.64. The van der Waals surface area contributed by atoms with Crippen molar-refractivity contribution in [1.82, 2.24) is 0 Å². The quantitative estimate of drug-likeness (QED) is 0.156. The molecule has 0 saturated heterocycles. The number of hydrogen-bond donors (Lipinski definition) is 1. The van der Waals surface area contributed by atoms with Crippen LogP contribution in [0, 0.1) is 0 Å². The molecule has 0 aromatic heterocycles. The van der Waals surface area contributed by atoms with Gasteiger partial charge in [-0.3, -0.25) is 4.79 Å². The minimum atomic E-state index is 0.184. The molecule has 0 atom stereocenters. The van der Waals surface area contributed by atoms with E-state index in [1.165, 1.54) is 0 Å². The molecule has 0 rings (SSSR count). The molecule has 0 unspecified atom stereocenters. The van der Waals surface area contributed by atoms with Gasteiger partial charge in [-0.2, -0.15) is 0 Å². The molecule has 0 radical (unpaired) electrons. The van der Waals surface area contributed by atoms with Crippen LogP contribution in [0.5, 0.6) is 0 Å². The smallest absolute Gasteiger partial charge is 0.323 e. The third-order valence-electron chi connectivity index (χ3n) is 0.165. The number of oxime groups is 1. The molecule has 0 amide bonds. The average molecular weight is 88.1 g/mol. The van der Waals surface area contributed by atoms with Gasteiger partial charge in [0.05, 0.1) is 0 Å². The van der Waals surface area contributed by atoms with E-state index in [-0.39, 0.29) is 6.47 Å². The van der Waals surface area contributed by atoms with Crippen molar-refractivity contribution < 1.29 is 9.63 Å². The molecule has 0 aromatic rings. The fraction of sp³-hybridized carbons (Fsp3) is 0. The Hall–Kier alpha value is -1.06. The summed E-state index contributed by atoms with van der Waals surface area (Å²) < 4.78 is 0. The first-order valence-electron chi connectivity index (χ1n) is 1.25. The summed E-state index contributed by atoms with van der Waals surface area (Å²) in [6.07, 6.45) is 0.883. The van der Waals surface area contributed by atoms with E-state index >= 15 is 0 Å². The van der Waals surface area contributed by atoms with Crippen molar-refractivity contribution >= 4 is 12.8 Å². The third kappa shape index (κ3) is 2.94. The fourth-order valence-corrected chi connectivity index (χ4v) is 0.0600. The van der Waals surface area contributed by atoms with Crippen LogP contribution in [0.1, 0.15) is 0 Å². The maximum Gasteiger partial charge on any atom is 0.323 e. The normalized spacial score (nSPS) is 8.67. The van der Waals surface area contributed by atoms with Crippen LogP contribution in [0.15, 0.2) is 5.16 Å². The molecule has 0 saturated carbocycles. The highest BCUT2D eigenvalue weighted by atomic mass is 16.7. The first-order valence-corrected chi connectivity index (χ1v) is 1.25. The molecule has 0 fully saturated rings. The van der Waals surface area contributed by atoms with Gasteiger partial charge in [0.15, 0.2) is 0 Å². The lowest BCUT2D eigenvalue weighted by Crippen LogP contribution is -1.88. The lowest BCUT2D eigenvalue weighted by atomic mass is 11.4. The van der Waals surface area contributed by atoms with E-state index in [1.54, 1.807) is 0 Å². The molecule has 34 valence electrons. The lowest BCUT2D eigenvalue weighted by Gasteiger charge is -1.73. The van der Waals surface area contributed by atoms with E-state index in [2.05, 4.69) is 15.7 Å². The Morgan fingerprint density at radius 2 is 2.50 bits per heavy atom. The average Bonchev–Trinajstić information content (AvgIpc) is 1.61. The number of hydrogen-bond acceptors (Lipinski definition) is 3. The summed E-state index contributed by atoms with van der Waals surface area (Å²) in [6.45, 7) is 0.184. The second-order valence-corrected chi connectivity index (χ2v) is 0.456. The second kappa shape index (κ2) is 3.94. The van der Waals surface area contributed by atoms with Gasteiger partial charge in [-0.05, 0) is 0 Å². The molecule has 0 aromatic carbocycles.